The SMILES string of the molecule is COC(=O)[C@H](C)NC(=O)OCc1ccc(NC(=O)Cc2ccc(F)cc2)cc1. The van der Waals surface area contributed by atoms with Crippen molar-refractivity contribution in [2.45, 2.75) is 26.0 Å². The minimum atomic E-state index is -0.809. The summed E-state index contributed by atoms with van der Waals surface area (Å²) in [4.78, 5) is 34.9. The summed E-state index contributed by atoms with van der Waals surface area (Å²) < 4.78 is 22.4. The van der Waals surface area contributed by atoms with Crippen molar-refractivity contribution in [2.24, 2.45) is 0 Å². The van der Waals surface area contributed by atoms with Crippen molar-refractivity contribution >= 4 is 23.7 Å². The number of hydrogen-bond acceptors (Lipinski definition) is 5. The Morgan fingerprint density at radius 2 is 1.61 bits per heavy atom. The Hall–Kier alpha value is -3.42. The number of halogens is 1. The number of carbonyl (C=O) groups is 3. The molecule has 7 nitrogen and oxygen atoms in total. The molecule has 2 aromatic rings. The van der Waals surface area contributed by atoms with Gasteiger partial charge in [0.1, 0.15) is 18.5 Å². The van der Waals surface area contributed by atoms with Gasteiger partial charge < -0.3 is 20.1 Å². The summed E-state index contributed by atoms with van der Waals surface area (Å²) in [6, 6.07) is 11.7. The fourth-order valence-electron chi connectivity index (χ4n) is 2.28. The van der Waals surface area contributed by atoms with Gasteiger partial charge in [0.05, 0.1) is 13.5 Å². The molecule has 0 fully saturated rings. The number of ether oxygens (including phenoxy) is 2. The molecular weight excluding hydrogens is 367 g/mol. The Kier molecular flexibility index (Phi) is 7.50. The monoisotopic (exact) mass is 388 g/mol. The minimum absolute atomic E-state index is 0.00350. The van der Waals surface area contributed by atoms with E-state index in [9.17, 15) is 18.8 Å². The first-order valence-corrected chi connectivity index (χ1v) is 8.51. The average Bonchev–Trinajstić information content (AvgIpc) is 2.68. The van der Waals surface area contributed by atoms with Gasteiger partial charge in [0.15, 0.2) is 0 Å². The molecule has 0 heterocycles. The van der Waals surface area contributed by atoms with Crippen LogP contribution in [0.5, 0.6) is 0 Å². The molecule has 2 aromatic carbocycles. The number of rotatable bonds is 7. The molecule has 0 spiro atoms. The van der Waals surface area contributed by atoms with Crippen LogP contribution in [0.15, 0.2) is 48.5 Å². The fraction of sp³-hybridized carbons (Fsp3) is 0.250. The van der Waals surface area contributed by atoms with Crippen molar-refractivity contribution in [1.82, 2.24) is 5.32 Å². The van der Waals surface area contributed by atoms with Gasteiger partial charge in [0, 0.05) is 5.69 Å². The van der Waals surface area contributed by atoms with Crippen LogP contribution in [-0.2, 0) is 32.1 Å². The standard InChI is InChI=1S/C20H21FN2O5/c1-13(19(25)27-2)22-20(26)28-12-15-5-9-17(10-6-15)23-18(24)11-14-3-7-16(21)8-4-14/h3-10,13H,11-12H2,1-2H3,(H,22,26)(H,23,24)/t13-/m0/s1. The normalized spacial score (nSPS) is 11.2. The molecule has 0 aliphatic heterocycles. The van der Waals surface area contributed by atoms with Crippen LogP contribution in [0, 0.1) is 5.82 Å². The summed E-state index contributed by atoms with van der Waals surface area (Å²) in [6.07, 6.45) is -0.612. The van der Waals surface area contributed by atoms with E-state index in [-0.39, 0.29) is 24.8 Å². The number of benzene rings is 2. The fourth-order valence-corrected chi connectivity index (χ4v) is 2.28. The van der Waals surface area contributed by atoms with Crippen molar-refractivity contribution in [1.29, 1.82) is 0 Å². The third kappa shape index (κ3) is 6.71. The zero-order valence-electron chi connectivity index (χ0n) is 15.5. The second-order valence-corrected chi connectivity index (χ2v) is 6.01. The highest BCUT2D eigenvalue weighted by Gasteiger charge is 2.16. The number of carbonyl (C=O) groups excluding carboxylic acids is 3. The first-order valence-electron chi connectivity index (χ1n) is 8.51. The van der Waals surface area contributed by atoms with Gasteiger partial charge in [-0.05, 0) is 42.3 Å². The van der Waals surface area contributed by atoms with Gasteiger partial charge in [-0.15, -0.1) is 0 Å². The van der Waals surface area contributed by atoms with Crippen molar-refractivity contribution in [3.63, 3.8) is 0 Å². The maximum atomic E-state index is 12.9. The topological polar surface area (TPSA) is 93.7 Å². The third-order valence-electron chi connectivity index (χ3n) is 3.77. The van der Waals surface area contributed by atoms with Gasteiger partial charge in [-0.3, -0.25) is 4.79 Å². The van der Waals surface area contributed by atoms with Gasteiger partial charge in [-0.25, -0.2) is 14.0 Å². The minimum Gasteiger partial charge on any atom is -0.467 e. The molecular formula is C20H21FN2O5. The lowest BCUT2D eigenvalue weighted by Gasteiger charge is -2.12. The summed E-state index contributed by atoms with van der Waals surface area (Å²) in [6.45, 7) is 1.49. The lowest BCUT2D eigenvalue weighted by Crippen LogP contribution is -2.39. The molecule has 0 bridgehead atoms. The Morgan fingerprint density at radius 1 is 1.00 bits per heavy atom. The number of anilines is 1. The van der Waals surface area contributed by atoms with Gasteiger partial charge in [-0.2, -0.15) is 0 Å². The van der Waals surface area contributed by atoms with E-state index in [1.165, 1.54) is 26.2 Å². The molecule has 0 saturated carbocycles. The van der Waals surface area contributed by atoms with E-state index < -0.39 is 18.1 Å². The number of nitrogens with one attached hydrogen (secondary N) is 2. The largest absolute Gasteiger partial charge is 0.467 e. The Morgan fingerprint density at radius 3 is 2.21 bits per heavy atom. The van der Waals surface area contributed by atoms with Gasteiger partial charge in [-0.1, -0.05) is 24.3 Å². The van der Waals surface area contributed by atoms with Crippen molar-refractivity contribution < 1.29 is 28.2 Å². The van der Waals surface area contributed by atoms with Gasteiger partial charge in [0.2, 0.25) is 5.91 Å². The zero-order valence-corrected chi connectivity index (χ0v) is 15.5. The first kappa shape index (κ1) is 20.9. The molecule has 1 atom stereocenters. The molecule has 0 aliphatic rings. The van der Waals surface area contributed by atoms with Gasteiger partial charge >= 0.3 is 12.1 Å². The first-order chi connectivity index (χ1) is 13.4. The molecule has 0 unspecified atom stereocenters. The lowest BCUT2D eigenvalue weighted by molar-refractivity contribution is -0.142. The van der Waals surface area contributed by atoms with E-state index >= 15 is 0 Å². The second kappa shape index (κ2) is 10.1. The summed E-state index contributed by atoms with van der Waals surface area (Å²) in [5.41, 5.74) is 1.99. The highest BCUT2D eigenvalue weighted by atomic mass is 19.1. The molecule has 148 valence electrons. The molecule has 0 aromatic heterocycles. The maximum Gasteiger partial charge on any atom is 0.408 e. The van der Waals surface area contributed by atoms with Crippen molar-refractivity contribution in [2.75, 3.05) is 12.4 Å². The Balaban J connectivity index is 1.79. The molecule has 0 saturated heterocycles. The number of alkyl carbamates (subject to hydrolysis) is 1. The molecule has 0 aliphatic carbocycles. The van der Waals surface area contributed by atoms with E-state index in [1.54, 1.807) is 36.4 Å². The number of esters is 1. The van der Waals surface area contributed by atoms with E-state index in [4.69, 9.17) is 4.74 Å². The molecule has 28 heavy (non-hydrogen) atoms. The molecule has 2 N–H and O–H groups in total. The number of methoxy groups -OCH3 is 1. The van der Waals surface area contributed by atoms with Gasteiger partial charge in [0.25, 0.3) is 0 Å². The Bertz CT molecular complexity index is 821. The van der Waals surface area contributed by atoms with Crippen LogP contribution in [-0.4, -0.2) is 31.1 Å². The van der Waals surface area contributed by atoms with Crippen LogP contribution in [0.2, 0.25) is 0 Å². The maximum absolute atomic E-state index is 12.9. The van der Waals surface area contributed by atoms with E-state index in [0.717, 1.165) is 0 Å². The second-order valence-electron chi connectivity index (χ2n) is 6.01. The quantitative estimate of drug-likeness (QED) is 0.712. The van der Waals surface area contributed by atoms with Crippen molar-refractivity contribution in [3.8, 4) is 0 Å². The molecule has 2 amide bonds. The number of amides is 2. The number of hydrogen-bond donors (Lipinski definition) is 2. The zero-order chi connectivity index (χ0) is 20.5. The predicted octanol–water partition coefficient (Wildman–Crippen LogP) is 2.79. The van der Waals surface area contributed by atoms with Crippen LogP contribution in [0.4, 0.5) is 14.9 Å². The highest BCUT2D eigenvalue weighted by Crippen LogP contribution is 2.12. The summed E-state index contributed by atoms with van der Waals surface area (Å²) in [7, 11) is 1.23. The summed E-state index contributed by atoms with van der Waals surface area (Å²) in [5.74, 6) is -1.15. The van der Waals surface area contributed by atoms with Crippen LogP contribution in [0.25, 0.3) is 0 Å². The van der Waals surface area contributed by atoms with Crippen LogP contribution < -0.4 is 10.6 Å². The van der Waals surface area contributed by atoms with Crippen LogP contribution in [0.1, 0.15) is 18.1 Å². The van der Waals surface area contributed by atoms with E-state index in [2.05, 4.69) is 15.4 Å². The van der Waals surface area contributed by atoms with E-state index in [0.29, 0.717) is 16.8 Å². The molecule has 8 heteroatoms. The average molecular weight is 388 g/mol. The van der Waals surface area contributed by atoms with Crippen molar-refractivity contribution in [3.05, 3.63) is 65.5 Å². The lowest BCUT2D eigenvalue weighted by atomic mass is 10.1. The predicted molar refractivity (Wildman–Crippen MR) is 100.0 cm³/mol. The van der Waals surface area contributed by atoms with E-state index in [1.807, 2.05) is 0 Å². The summed E-state index contributed by atoms with van der Waals surface area (Å²) in [5, 5.41) is 5.09. The molecule has 0 radical (unpaired) electrons. The smallest absolute Gasteiger partial charge is 0.408 e. The highest BCUT2D eigenvalue weighted by molar-refractivity contribution is 5.92. The summed E-state index contributed by atoms with van der Waals surface area (Å²) >= 11 is 0. The molecule has 2 rings (SSSR count). The Labute approximate surface area is 161 Å². The van der Waals surface area contributed by atoms with Crippen LogP contribution in [0.3, 0.4) is 0 Å². The van der Waals surface area contributed by atoms with Crippen LogP contribution >= 0.6 is 0 Å². The third-order valence-corrected chi connectivity index (χ3v) is 3.77.